The maximum atomic E-state index is 5.59. The average molecular weight is 305 g/mol. The first-order valence-electron chi connectivity index (χ1n) is 3.19. The van der Waals surface area contributed by atoms with Crippen molar-refractivity contribution in [1.29, 1.82) is 0 Å². The summed E-state index contributed by atoms with van der Waals surface area (Å²) in [4.78, 5) is 7.80. The highest BCUT2D eigenvalue weighted by molar-refractivity contribution is 9.10. The number of halogens is 4. The predicted octanol–water partition coefficient (Wildman–Crippen LogP) is 2.96. The Labute approximate surface area is 98.7 Å². The second-order valence-corrected chi connectivity index (χ2v) is 5.40. The molecule has 7 heteroatoms. The smallest absolute Gasteiger partial charge is 0.250 e. The van der Waals surface area contributed by atoms with E-state index in [1.54, 1.807) is 6.92 Å². The van der Waals surface area contributed by atoms with Crippen LogP contribution in [0.15, 0.2) is 4.47 Å². The van der Waals surface area contributed by atoms with Crippen LogP contribution >= 0.6 is 50.7 Å². The van der Waals surface area contributed by atoms with E-state index < -0.39 is 3.79 Å². The molecule has 72 valence electrons. The number of anilines is 1. The van der Waals surface area contributed by atoms with Gasteiger partial charge in [0.15, 0.2) is 5.82 Å². The summed E-state index contributed by atoms with van der Waals surface area (Å²) in [6, 6.07) is 0. The summed E-state index contributed by atoms with van der Waals surface area (Å²) in [6.07, 6.45) is 0. The molecule has 0 aliphatic heterocycles. The van der Waals surface area contributed by atoms with Crippen molar-refractivity contribution in [2.75, 3.05) is 5.73 Å². The fourth-order valence-electron chi connectivity index (χ4n) is 0.708. The van der Waals surface area contributed by atoms with E-state index in [1.807, 2.05) is 0 Å². The van der Waals surface area contributed by atoms with Crippen LogP contribution in [0.2, 0.25) is 0 Å². The summed E-state index contributed by atoms with van der Waals surface area (Å²) in [5, 5.41) is 0. The van der Waals surface area contributed by atoms with E-state index >= 15 is 0 Å². The van der Waals surface area contributed by atoms with E-state index in [4.69, 9.17) is 40.5 Å². The van der Waals surface area contributed by atoms with Gasteiger partial charge < -0.3 is 5.73 Å². The van der Waals surface area contributed by atoms with Gasteiger partial charge in [-0.05, 0) is 22.9 Å². The van der Waals surface area contributed by atoms with Crippen molar-refractivity contribution in [3.8, 4) is 0 Å². The summed E-state index contributed by atoms with van der Waals surface area (Å²) in [7, 11) is 0. The molecule has 1 rings (SSSR count). The largest absolute Gasteiger partial charge is 0.383 e. The molecule has 0 aliphatic carbocycles. The molecule has 0 amide bonds. The van der Waals surface area contributed by atoms with Crippen LogP contribution in [-0.2, 0) is 3.79 Å². The standard InChI is InChI=1S/C6H5BrCl3N3/c1-2-3(7)4(11)13-5(12-2)6(8,9)10/h1H3,(H2,11,12,13). The molecule has 0 unspecified atom stereocenters. The van der Waals surface area contributed by atoms with E-state index in [-0.39, 0.29) is 11.6 Å². The summed E-state index contributed by atoms with van der Waals surface area (Å²) >= 11 is 20.0. The monoisotopic (exact) mass is 303 g/mol. The highest BCUT2D eigenvalue weighted by Gasteiger charge is 2.27. The van der Waals surface area contributed by atoms with Crippen LogP contribution in [0.25, 0.3) is 0 Å². The lowest BCUT2D eigenvalue weighted by Crippen LogP contribution is -2.10. The number of hydrogen-bond donors (Lipinski definition) is 1. The number of rotatable bonds is 0. The molecule has 1 aromatic rings. The Bertz CT molecular complexity index is 313. The van der Waals surface area contributed by atoms with E-state index in [9.17, 15) is 0 Å². The molecular weight excluding hydrogens is 300 g/mol. The fraction of sp³-hybridized carbons (Fsp3) is 0.333. The van der Waals surface area contributed by atoms with Crippen molar-refractivity contribution >= 4 is 56.6 Å². The maximum Gasteiger partial charge on any atom is 0.250 e. The third kappa shape index (κ3) is 2.59. The number of aromatic nitrogens is 2. The van der Waals surface area contributed by atoms with Gasteiger partial charge in [-0.15, -0.1) is 0 Å². The Morgan fingerprint density at radius 1 is 1.31 bits per heavy atom. The topological polar surface area (TPSA) is 51.8 Å². The SMILES string of the molecule is Cc1nc(C(Cl)(Cl)Cl)nc(N)c1Br. The molecule has 0 atom stereocenters. The van der Waals surface area contributed by atoms with E-state index in [1.165, 1.54) is 0 Å². The Balaban J connectivity index is 3.29. The molecule has 0 spiro atoms. The zero-order valence-corrected chi connectivity index (χ0v) is 10.3. The number of nitrogens with zero attached hydrogens (tertiary/aromatic N) is 2. The molecule has 0 saturated heterocycles. The number of hydrogen-bond acceptors (Lipinski definition) is 3. The van der Waals surface area contributed by atoms with Gasteiger partial charge in [0.25, 0.3) is 0 Å². The van der Waals surface area contributed by atoms with E-state index in [2.05, 4.69) is 25.9 Å². The van der Waals surface area contributed by atoms with Crippen LogP contribution in [0, 0.1) is 6.92 Å². The Morgan fingerprint density at radius 2 is 1.85 bits per heavy atom. The molecule has 1 aromatic heterocycles. The quantitative estimate of drug-likeness (QED) is 0.750. The van der Waals surface area contributed by atoms with Crippen LogP contribution in [0.1, 0.15) is 11.5 Å². The molecule has 13 heavy (non-hydrogen) atoms. The minimum Gasteiger partial charge on any atom is -0.383 e. The van der Waals surface area contributed by atoms with Gasteiger partial charge in [0.2, 0.25) is 3.79 Å². The van der Waals surface area contributed by atoms with Gasteiger partial charge in [-0.2, -0.15) is 0 Å². The van der Waals surface area contributed by atoms with Gasteiger partial charge in [0, 0.05) is 0 Å². The molecule has 3 nitrogen and oxygen atoms in total. The third-order valence-corrected chi connectivity index (χ3v) is 2.78. The minimum absolute atomic E-state index is 0.0794. The van der Waals surface area contributed by atoms with Gasteiger partial charge in [0.1, 0.15) is 5.82 Å². The Hall–Kier alpha value is 0.230. The lowest BCUT2D eigenvalue weighted by atomic mass is 10.4. The third-order valence-electron chi connectivity index (χ3n) is 1.30. The molecule has 2 N–H and O–H groups in total. The molecule has 1 heterocycles. The second-order valence-electron chi connectivity index (χ2n) is 2.33. The number of nitrogen functional groups attached to an aromatic ring is 1. The fourth-order valence-corrected chi connectivity index (χ4v) is 1.14. The van der Waals surface area contributed by atoms with Crippen molar-refractivity contribution < 1.29 is 0 Å². The van der Waals surface area contributed by atoms with Crippen LogP contribution in [0.3, 0.4) is 0 Å². The summed E-state index contributed by atoms with van der Waals surface area (Å²) in [5.41, 5.74) is 6.18. The van der Waals surface area contributed by atoms with Crippen LogP contribution in [-0.4, -0.2) is 9.97 Å². The van der Waals surface area contributed by atoms with Crippen LogP contribution < -0.4 is 5.73 Å². The molecule has 0 aromatic carbocycles. The van der Waals surface area contributed by atoms with Crippen molar-refractivity contribution in [2.45, 2.75) is 10.7 Å². The van der Waals surface area contributed by atoms with Crippen molar-refractivity contribution in [3.63, 3.8) is 0 Å². The highest BCUT2D eigenvalue weighted by Crippen LogP contribution is 2.37. The van der Waals surface area contributed by atoms with Gasteiger partial charge in [-0.3, -0.25) is 0 Å². The lowest BCUT2D eigenvalue weighted by molar-refractivity contribution is 0.940. The normalized spacial score (nSPS) is 11.8. The molecule has 0 saturated carbocycles. The van der Waals surface area contributed by atoms with Crippen molar-refractivity contribution in [3.05, 3.63) is 16.0 Å². The van der Waals surface area contributed by atoms with Crippen molar-refractivity contribution in [1.82, 2.24) is 9.97 Å². The van der Waals surface area contributed by atoms with E-state index in [0.717, 1.165) is 0 Å². The summed E-state index contributed by atoms with van der Waals surface area (Å²) in [6.45, 7) is 1.74. The molecule has 0 aliphatic rings. The molecule has 0 bridgehead atoms. The number of alkyl halides is 3. The van der Waals surface area contributed by atoms with Crippen LogP contribution in [0.5, 0.6) is 0 Å². The average Bonchev–Trinajstić information content (AvgIpc) is 1.97. The zero-order chi connectivity index (χ0) is 10.2. The molecule has 0 radical (unpaired) electrons. The first-order chi connectivity index (χ1) is 5.82. The van der Waals surface area contributed by atoms with Gasteiger partial charge >= 0.3 is 0 Å². The van der Waals surface area contributed by atoms with Gasteiger partial charge in [-0.25, -0.2) is 9.97 Å². The zero-order valence-electron chi connectivity index (χ0n) is 6.48. The van der Waals surface area contributed by atoms with Crippen molar-refractivity contribution in [2.24, 2.45) is 0 Å². The van der Waals surface area contributed by atoms with E-state index in [0.29, 0.717) is 10.2 Å². The predicted molar refractivity (Wildman–Crippen MR) is 58.1 cm³/mol. The lowest BCUT2D eigenvalue weighted by Gasteiger charge is -2.11. The first kappa shape index (κ1) is 11.3. The Morgan fingerprint density at radius 3 is 2.23 bits per heavy atom. The maximum absolute atomic E-state index is 5.59. The number of nitrogens with two attached hydrogens (primary N) is 1. The summed E-state index contributed by atoms with van der Waals surface area (Å²) in [5.74, 6) is 0.338. The number of aryl methyl sites for hydroxylation is 1. The summed E-state index contributed by atoms with van der Waals surface area (Å²) < 4.78 is -1.02. The van der Waals surface area contributed by atoms with Gasteiger partial charge in [0.05, 0.1) is 10.2 Å². The first-order valence-corrected chi connectivity index (χ1v) is 5.12. The molecular formula is C6H5BrCl3N3. The Kier molecular flexibility index (Phi) is 3.28. The molecule has 0 fully saturated rings. The van der Waals surface area contributed by atoms with Gasteiger partial charge in [-0.1, -0.05) is 34.8 Å². The minimum atomic E-state index is -1.64. The second kappa shape index (κ2) is 3.77. The highest BCUT2D eigenvalue weighted by atomic mass is 79.9. The van der Waals surface area contributed by atoms with Crippen LogP contribution in [0.4, 0.5) is 5.82 Å².